The molecule has 0 aromatic heterocycles. The Kier molecular flexibility index (Phi) is 8.66. The van der Waals surface area contributed by atoms with Crippen molar-refractivity contribution in [1.29, 1.82) is 0 Å². The lowest BCUT2D eigenvalue weighted by molar-refractivity contribution is -0.116. The Labute approximate surface area is 175 Å². The first-order chi connectivity index (χ1) is 12.1. The molecule has 0 spiro atoms. The summed E-state index contributed by atoms with van der Waals surface area (Å²) in [6.45, 7) is 0. The third-order valence-corrected chi connectivity index (χ3v) is 4.61. The summed E-state index contributed by atoms with van der Waals surface area (Å²) in [4.78, 5) is 23.2. The van der Waals surface area contributed by atoms with Gasteiger partial charge in [0.2, 0.25) is 11.8 Å². The number of benzene rings is 2. The van der Waals surface area contributed by atoms with Crippen LogP contribution in [-0.4, -0.2) is 20.7 Å². The van der Waals surface area contributed by atoms with Crippen LogP contribution in [0.4, 0.5) is 11.4 Å². The maximum Gasteiger partial charge on any atom is 0.225 e. The fourth-order valence-corrected chi connectivity index (χ4v) is 3.25. The number of nitrogens with one attached hydrogen (secondary N) is 2. The molecule has 2 rings (SSSR count). The topological polar surface area (TPSA) is 58.2 Å². The van der Waals surface area contributed by atoms with E-state index < -0.39 is 0 Å². The number of anilines is 2. The summed E-state index contributed by atoms with van der Waals surface area (Å²) >= 11 is 4.38. The maximum absolute atomic E-state index is 11.6. The van der Waals surface area contributed by atoms with Gasteiger partial charge in [-0.3, -0.25) is 9.59 Å². The van der Waals surface area contributed by atoms with E-state index in [1.807, 2.05) is 48.5 Å². The molecule has 2 amide bonds. The summed E-state index contributed by atoms with van der Waals surface area (Å²) in [6, 6.07) is 15.8. The van der Waals surface area contributed by atoms with Gasteiger partial charge in [0.1, 0.15) is 0 Å². The Morgan fingerprint density at radius 1 is 0.680 bits per heavy atom. The van der Waals surface area contributed by atoms with Crippen LogP contribution in [0.1, 0.15) is 24.0 Å². The van der Waals surface area contributed by atoms with Crippen molar-refractivity contribution in [2.45, 2.75) is 19.3 Å². The van der Waals surface area contributed by atoms with Crippen molar-refractivity contribution in [2.24, 2.45) is 0 Å². The molecule has 0 aliphatic carbocycles. The molecule has 0 atom stereocenters. The normalized spacial score (nSPS) is 10.3. The van der Waals surface area contributed by atoms with Gasteiger partial charge < -0.3 is 10.6 Å². The number of hydrogen-bond acceptors (Lipinski definition) is 2. The SMILES string of the molecule is O=C(CCI)Nc1ccc(Cc2ccc(NC(=O)CCI)cc2)cc1. The van der Waals surface area contributed by atoms with Crippen LogP contribution in [0.15, 0.2) is 48.5 Å². The molecule has 0 unspecified atom stereocenters. The van der Waals surface area contributed by atoms with Crippen LogP contribution < -0.4 is 10.6 Å². The van der Waals surface area contributed by atoms with Crippen molar-refractivity contribution in [3.8, 4) is 0 Å². The minimum absolute atomic E-state index is 0.0438. The molecule has 2 aromatic rings. The van der Waals surface area contributed by atoms with Crippen molar-refractivity contribution in [1.82, 2.24) is 0 Å². The quantitative estimate of drug-likeness (QED) is 0.359. The van der Waals surface area contributed by atoms with Gasteiger partial charge in [-0.15, -0.1) is 0 Å². The predicted molar refractivity (Wildman–Crippen MR) is 120 cm³/mol. The van der Waals surface area contributed by atoms with Crippen molar-refractivity contribution >= 4 is 68.4 Å². The van der Waals surface area contributed by atoms with Gasteiger partial charge in [0.05, 0.1) is 0 Å². The van der Waals surface area contributed by atoms with E-state index in [0.717, 1.165) is 26.7 Å². The van der Waals surface area contributed by atoms with Gasteiger partial charge in [0.15, 0.2) is 0 Å². The lowest BCUT2D eigenvalue weighted by Crippen LogP contribution is -2.11. The molecule has 0 heterocycles. The van der Waals surface area contributed by atoms with E-state index in [0.29, 0.717) is 12.8 Å². The monoisotopic (exact) mass is 562 g/mol. The zero-order valence-electron chi connectivity index (χ0n) is 13.7. The van der Waals surface area contributed by atoms with E-state index in [1.165, 1.54) is 11.1 Å². The number of hydrogen-bond donors (Lipinski definition) is 2. The highest BCUT2D eigenvalue weighted by Crippen LogP contribution is 2.16. The molecular weight excluding hydrogens is 542 g/mol. The van der Waals surface area contributed by atoms with Crippen LogP contribution >= 0.6 is 45.2 Å². The molecule has 0 fully saturated rings. The molecule has 4 nitrogen and oxygen atoms in total. The van der Waals surface area contributed by atoms with E-state index in [1.54, 1.807) is 0 Å². The van der Waals surface area contributed by atoms with E-state index in [2.05, 4.69) is 55.8 Å². The van der Waals surface area contributed by atoms with Gasteiger partial charge in [0.25, 0.3) is 0 Å². The summed E-state index contributed by atoms with van der Waals surface area (Å²) in [5.74, 6) is 0.0877. The van der Waals surface area contributed by atoms with Gasteiger partial charge in [-0.1, -0.05) is 69.4 Å². The van der Waals surface area contributed by atoms with E-state index in [4.69, 9.17) is 0 Å². The highest BCUT2D eigenvalue weighted by atomic mass is 127. The lowest BCUT2D eigenvalue weighted by Gasteiger charge is -2.08. The first-order valence-corrected chi connectivity index (χ1v) is 11.1. The standard InChI is InChI=1S/C19H20I2N2O2/c20-11-9-18(24)22-16-5-1-14(2-6-16)13-15-3-7-17(8-4-15)23-19(25)10-12-21/h1-8H,9-13H2,(H,22,24)(H,23,25). The van der Waals surface area contributed by atoms with Crippen LogP contribution in [0.5, 0.6) is 0 Å². The number of alkyl halides is 2. The van der Waals surface area contributed by atoms with Crippen LogP contribution in [0.2, 0.25) is 0 Å². The summed E-state index contributed by atoms with van der Waals surface area (Å²) in [5, 5.41) is 5.77. The average molecular weight is 562 g/mol. The van der Waals surface area contributed by atoms with Gasteiger partial charge >= 0.3 is 0 Å². The van der Waals surface area contributed by atoms with Gasteiger partial charge in [-0.25, -0.2) is 0 Å². The first-order valence-electron chi connectivity index (χ1n) is 8.00. The fraction of sp³-hybridized carbons (Fsp3) is 0.263. The lowest BCUT2D eigenvalue weighted by atomic mass is 10.0. The van der Waals surface area contributed by atoms with Crippen molar-refractivity contribution in [3.05, 3.63) is 59.7 Å². The van der Waals surface area contributed by atoms with Crippen molar-refractivity contribution in [2.75, 3.05) is 19.5 Å². The Morgan fingerprint density at radius 3 is 1.36 bits per heavy atom. The van der Waals surface area contributed by atoms with Crippen LogP contribution in [0.25, 0.3) is 0 Å². The molecule has 25 heavy (non-hydrogen) atoms. The zero-order chi connectivity index (χ0) is 18.1. The van der Waals surface area contributed by atoms with Gasteiger partial charge in [-0.05, 0) is 41.8 Å². The number of halogens is 2. The molecular formula is C19H20I2N2O2. The molecule has 0 saturated heterocycles. The van der Waals surface area contributed by atoms with Gasteiger partial charge in [-0.2, -0.15) is 0 Å². The number of carbonyl (C=O) groups excluding carboxylic acids is 2. The van der Waals surface area contributed by atoms with E-state index in [9.17, 15) is 9.59 Å². The summed E-state index contributed by atoms with van der Waals surface area (Å²) in [6.07, 6.45) is 1.87. The molecule has 2 aromatic carbocycles. The van der Waals surface area contributed by atoms with Crippen LogP contribution in [0, 0.1) is 0 Å². The number of rotatable bonds is 8. The smallest absolute Gasteiger partial charge is 0.225 e. The molecule has 6 heteroatoms. The summed E-state index contributed by atoms with van der Waals surface area (Å²) in [5.41, 5.74) is 4.00. The molecule has 0 radical (unpaired) electrons. The van der Waals surface area contributed by atoms with Crippen molar-refractivity contribution < 1.29 is 9.59 Å². The molecule has 0 saturated carbocycles. The van der Waals surface area contributed by atoms with Crippen LogP contribution in [-0.2, 0) is 16.0 Å². The van der Waals surface area contributed by atoms with E-state index >= 15 is 0 Å². The zero-order valence-corrected chi connectivity index (χ0v) is 18.0. The second-order valence-electron chi connectivity index (χ2n) is 5.54. The Bertz CT molecular complexity index is 639. The molecule has 132 valence electrons. The number of amides is 2. The average Bonchev–Trinajstić information content (AvgIpc) is 2.59. The molecule has 0 aliphatic rings. The van der Waals surface area contributed by atoms with E-state index in [-0.39, 0.29) is 11.8 Å². The largest absolute Gasteiger partial charge is 0.326 e. The first kappa shape index (κ1) is 20.2. The van der Waals surface area contributed by atoms with Gasteiger partial charge in [0, 0.05) is 33.1 Å². The summed E-state index contributed by atoms with van der Waals surface area (Å²) in [7, 11) is 0. The summed E-state index contributed by atoms with van der Waals surface area (Å²) < 4.78 is 1.63. The molecule has 2 N–H and O–H groups in total. The van der Waals surface area contributed by atoms with Crippen LogP contribution in [0.3, 0.4) is 0 Å². The Balaban J connectivity index is 1.91. The Morgan fingerprint density at radius 2 is 1.04 bits per heavy atom. The van der Waals surface area contributed by atoms with Crippen molar-refractivity contribution in [3.63, 3.8) is 0 Å². The molecule has 0 bridgehead atoms. The second-order valence-corrected chi connectivity index (χ2v) is 7.70. The third kappa shape index (κ3) is 7.31. The number of carbonyl (C=O) groups is 2. The molecule has 0 aliphatic heterocycles. The highest BCUT2D eigenvalue weighted by molar-refractivity contribution is 14.1. The minimum Gasteiger partial charge on any atom is -0.326 e. The maximum atomic E-state index is 11.6. The second kappa shape index (κ2) is 10.7. The minimum atomic E-state index is 0.0438. The predicted octanol–water partition coefficient (Wildman–Crippen LogP) is 4.80. The third-order valence-electron chi connectivity index (χ3n) is 3.53. The highest BCUT2D eigenvalue weighted by Gasteiger charge is 2.03. The fourth-order valence-electron chi connectivity index (χ4n) is 2.27. The Hall–Kier alpha value is -1.16.